The molecule has 0 aliphatic carbocycles. The van der Waals surface area contributed by atoms with Gasteiger partial charge in [-0.05, 0) is 49.8 Å². The molecule has 0 amide bonds. The summed E-state index contributed by atoms with van der Waals surface area (Å²) in [5.74, 6) is 0.363. The molecule has 5 rings (SSSR count). The van der Waals surface area contributed by atoms with Crippen molar-refractivity contribution < 1.29 is 18.3 Å². The van der Waals surface area contributed by atoms with E-state index < -0.39 is 11.6 Å². The number of nitrogens with zero attached hydrogens (tertiary/aromatic N) is 4. The number of hydrogen-bond acceptors (Lipinski definition) is 6. The van der Waals surface area contributed by atoms with Crippen molar-refractivity contribution in [2.24, 2.45) is 5.92 Å². The van der Waals surface area contributed by atoms with Crippen molar-refractivity contribution in [2.45, 2.75) is 33.3 Å². The van der Waals surface area contributed by atoms with Gasteiger partial charge in [-0.25, -0.2) is 13.8 Å². The summed E-state index contributed by atoms with van der Waals surface area (Å²) in [4.78, 5) is 12.8. The van der Waals surface area contributed by atoms with E-state index in [2.05, 4.69) is 39.2 Å². The summed E-state index contributed by atoms with van der Waals surface area (Å²) in [6.45, 7) is 6.67. The summed E-state index contributed by atoms with van der Waals surface area (Å²) in [5.41, 5.74) is 4.36. The second kappa shape index (κ2) is 11.0. The largest absolute Gasteiger partial charge is 0.486 e. The Bertz CT molecular complexity index is 1300. The number of halogens is 3. The van der Waals surface area contributed by atoms with Gasteiger partial charge in [-0.3, -0.25) is 4.98 Å². The van der Waals surface area contributed by atoms with Gasteiger partial charge in [0.1, 0.15) is 29.7 Å². The molecule has 2 aromatic rings. The summed E-state index contributed by atoms with van der Waals surface area (Å²) in [6.07, 6.45) is 13.1. The van der Waals surface area contributed by atoms with Gasteiger partial charge < -0.3 is 19.3 Å². The maximum atomic E-state index is 13.9. The molecule has 1 saturated heterocycles. The highest BCUT2D eigenvalue weighted by Gasteiger charge is 2.24. The second-order valence-electron chi connectivity index (χ2n) is 9.44. The maximum Gasteiger partial charge on any atom is 0.151 e. The molecule has 1 fully saturated rings. The topological polar surface area (TPSA) is 50.7 Å². The zero-order valence-corrected chi connectivity index (χ0v) is 21.6. The fraction of sp³-hybridized carbons (Fsp3) is 0.357. The van der Waals surface area contributed by atoms with Crippen LogP contribution in [0.25, 0.3) is 0 Å². The standard InChI is InChI=1S/C28H29ClF2N4O2/c1-18-13-33-28(34-7-3-4-21(15-34)20-5-8-36-9-6-20)12-26(18)35-16-23(29)27(10-19(35)2)37-17-25-24(31)11-22(30)14-32-25/h3-4,7,10-14,20H,5-6,8-9,15-17H2,1-2H3. The molecule has 0 atom stereocenters. The molecule has 3 aliphatic rings. The van der Waals surface area contributed by atoms with Crippen LogP contribution in [0.3, 0.4) is 0 Å². The summed E-state index contributed by atoms with van der Waals surface area (Å²) < 4.78 is 38.4. The average Bonchev–Trinajstić information content (AvgIpc) is 2.91. The Morgan fingerprint density at radius 2 is 1.92 bits per heavy atom. The molecule has 0 radical (unpaired) electrons. The van der Waals surface area contributed by atoms with Crippen LogP contribution in [0.5, 0.6) is 0 Å². The van der Waals surface area contributed by atoms with Crippen molar-refractivity contribution in [1.82, 2.24) is 9.97 Å². The van der Waals surface area contributed by atoms with Gasteiger partial charge in [-0.2, -0.15) is 0 Å². The summed E-state index contributed by atoms with van der Waals surface area (Å²) >= 11 is 6.61. The number of hydrogen-bond donors (Lipinski definition) is 0. The van der Waals surface area contributed by atoms with E-state index >= 15 is 0 Å². The van der Waals surface area contributed by atoms with Crippen molar-refractivity contribution in [3.05, 3.63) is 93.9 Å². The third-order valence-corrected chi connectivity index (χ3v) is 7.20. The van der Waals surface area contributed by atoms with E-state index in [9.17, 15) is 8.78 Å². The quantitative estimate of drug-likeness (QED) is 0.450. The Kier molecular flexibility index (Phi) is 7.58. The normalized spacial score (nSPS) is 18.7. The van der Waals surface area contributed by atoms with Gasteiger partial charge in [-0.1, -0.05) is 17.7 Å². The Morgan fingerprint density at radius 1 is 1.11 bits per heavy atom. The highest BCUT2D eigenvalue weighted by atomic mass is 35.5. The maximum absolute atomic E-state index is 13.9. The molecule has 37 heavy (non-hydrogen) atoms. The predicted octanol–water partition coefficient (Wildman–Crippen LogP) is 6.14. The number of allylic oxidation sites excluding steroid dienone is 4. The number of ether oxygens (including phenoxy) is 2. The molecule has 0 spiro atoms. The van der Waals surface area contributed by atoms with Crippen molar-refractivity contribution in [2.75, 3.05) is 36.1 Å². The molecule has 2 aromatic heterocycles. The molecule has 6 nitrogen and oxygen atoms in total. The smallest absolute Gasteiger partial charge is 0.151 e. The van der Waals surface area contributed by atoms with E-state index in [0.29, 0.717) is 23.3 Å². The van der Waals surface area contributed by atoms with Crippen LogP contribution in [0, 0.1) is 24.5 Å². The minimum absolute atomic E-state index is 0.0187. The van der Waals surface area contributed by atoms with E-state index in [1.807, 2.05) is 26.1 Å². The lowest BCUT2D eigenvalue weighted by Crippen LogP contribution is -2.30. The first-order valence-electron chi connectivity index (χ1n) is 12.3. The van der Waals surface area contributed by atoms with Crippen LogP contribution in [-0.4, -0.2) is 36.3 Å². The lowest BCUT2D eigenvalue weighted by atomic mass is 9.90. The zero-order chi connectivity index (χ0) is 25.9. The predicted molar refractivity (Wildman–Crippen MR) is 140 cm³/mol. The number of aryl methyl sites for hydroxylation is 1. The molecule has 0 unspecified atom stereocenters. The third-order valence-electron chi connectivity index (χ3n) is 6.90. The highest BCUT2D eigenvalue weighted by molar-refractivity contribution is 6.30. The molecule has 0 aromatic carbocycles. The monoisotopic (exact) mass is 526 g/mol. The minimum Gasteiger partial charge on any atom is -0.486 e. The third kappa shape index (κ3) is 5.70. The summed E-state index contributed by atoms with van der Waals surface area (Å²) in [6, 6.07) is 2.87. The van der Waals surface area contributed by atoms with Crippen LogP contribution in [0.1, 0.15) is 31.0 Å². The number of aromatic nitrogens is 2. The number of anilines is 2. The average molecular weight is 527 g/mol. The molecule has 0 bridgehead atoms. The van der Waals surface area contributed by atoms with Gasteiger partial charge >= 0.3 is 0 Å². The molecule has 0 N–H and O–H groups in total. The lowest BCUT2D eigenvalue weighted by Gasteiger charge is -2.33. The van der Waals surface area contributed by atoms with E-state index in [0.717, 1.165) is 67.6 Å². The van der Waals surface area contributed by atoms with Crippen LogP contribution in [0.2, 0.25) is 0 Å². The van der Waals surface area contributed by atoms with Crippen LogP contribution in [0.4, 0.5) is 20.3 Å². The molecule has 5 heterocycles. The second-order valence-corrected chi connectivity index (χ2v) is 9.89. The van der Waals surface area contributed by atoms with E-state index in [1.165, 1.54) is 5.57 Å². The Morgan fingerprint density at radius 3 is 2.70 bits per heavy atom. The van der Waals surface area contributed by atoms with Gasteiger partial charge in [0.15, 0.2) is 5.82 Å². The van der Waals surface area contributed by atoms with Crippen molar-refractivity contribution in [3.63, 3.8) is 0 Å². The van der Waals surface area contributed by atoms with Crippen LogP contribution < -0.4 is 9.80 Å². The molecule has 3 aliphatic heterocycles. The fourth-order valence-corrected chi connectivity index (χ4v) is 5.02. The molecule has 194 valence electrons. The summed E-state index contributed by atoms with van der Waals surface area (Å²) in [5, 5.41) is 0.480. The fourth-order valence-electron chi connectivity index (χ4n) is 4.79. The van der Waals surface area contributed by atoms with Crippen LogP contribution >= 0.6 is 11.6 Å². The zero-order valence-electron chi connectivity index (χ0n) is 20.9. The first-order valence-corrected chi connectivity index (χ1v) is 12.7. The molecular formula is C28H29ClF2N4O2. The van der Waals surface area contributed by atoms with Gasteiger partial charge in [0.25, 0.3) is 0 Å². The van der Waals surface area contributed by atoms with E-state index in [4.69, 9.17) is 26.1 Å². The van der Waals surface area contributed by atoms with Crippen molar-refractivity contribution >= 4 is 23.1 Å². The SMILES string of the molecule is CC1=CC(OCc2ncc(F)cc2F)=C(Cl)CN1c1cc(N2C=CC=C(C3CCOCC3)C2)ncc1C. The number of pyridine rings is 2. The Labute approximate surface area is 220 Å². The molecule has 0 saturated carbocycles. The van der Waals surface area contributed by atoms with E-state index in [-0.39, 0.29) is 12.3 Å². The van der Waals surface area contributed by atoms with Gasteiger partial charge in [0, 0.05) is 61.7 Å². The minimum atomic E-state index is -0.753. The Balaban J connectivity index is 1.30. The van der Waals surface area contributed by atoms with Gasteiger partial charge in [0.05, 0.1) is 17.8 Å². The number of rotatable bonds is 6. The molecular weight excluding hydrogens is 498 g/mol. The lowest BCUT2D eigenvalue weighted by molar-refractivity contribution is 0.0754. The first kappa shape index (κ1) is 25.4. The van der Waals surface area contributed by atoms with Crippen LogP contribution in [0.15, 0.2) is 71.0 Å². The first-order chi connectivity index (χ1) is 17.9. The van der Waals surface area contributed by atoms with Crippen molar-refractivity contribution in [1.29, 1.82) is 0 Å². The van der Waals surface area contributed by atoms with Gasteiger partial charge in [0.2, 0.25) is 0 Å². The summed E-state index contributed by atoms with van der Waals surface area (Å²) in [7, 11) is 0. The Hall–Kier alpha value is -3.23. The van der Waals surface area contributed by atoms with Crippen molar-refractivity contribution in [3.8, 4) is 0 Å². The highest BCUT2D eigenvalue weighted by Crippen LogP contribution is 2.34. The molecule has 9 heteroatoms. The van der Waals surface area contributed by atoms with Gasteiger partial charge in [-0.15, -0.1) is 0 Å². The van der Waals surface area contributed by atoms with E-state index in [1.54, 1.807) is 0 Å². The van der Waals surface area contributed by atoms with Crippen LogP contribution in [-0.2, 0) is 16.1 Å².